The number of rotatable bonds is 4. The van der Waals surface area contributed by atoms with Gasteiger partial charge >= 0.3 is 11.9 Å². The van der Waals surface area contributed by atoms with E-state index in [1.54, 1.807) is 24.3 Å². The van der Waals surface area contributed by atoms with Crippen molar-refractivity contribution in [1.82, 2.24) is 0 Å². The number of carboxylic acids is 2. The van der Waals surface area contributed by atoms with Gasteiger partial charge in [0.2, 0.25) is 5.91 Å². The summed E-state index contributed by atoms with van der Waals surface area (Å²) in [6.07, 6.45) is 2.09. The standard InChI is InChI=1S/C15H13NO6/c17-13(16-8-4-2-1-3-7(8)14(18)19)11-9-5-6-10(22-9)12(11)15(20)21/h1-6,9-12H,(H,16,17)(H,18,19)(H,20,21)/t9-,10+,11+,12+/m1/s1. The number of aliphatic carboxylic acids is 1. The van der Waals surface area contributed by atoms with Crippen molar-refractivity contribution in [1.29, 1.82) is 0 Å². The predicted molar refractivity (Wildman–Crippen MR) is 74.4 cm³/mol. The Morgan fingerprint density at radius 3 is 2.27 bits per heavy atom. The highest BCUT2D eigenvalue weighted by Crippen LogP contribution is 2.40. The second-order valence-electron chi connectivity index (χ2n) is 5.18. The molecular formula is C15H13NO6. The topological polar surface area (TPSA) is 113 Å². The summed E-state index contributed by atoms with van der Waals surface area (Å²) in [6.45, 7) is 0. The third-order valence-electron chi connectivity index (χ3n) is 3.90. The molecule has 2 aliphatic heterocycles. The van der Waals surface area contributed by atoms with Crippen LogP contribution in [0.25, 0.3) is 0 Å². The molecule has 2 bridgehead atoms. The highest BCUT2D eigenvalue weighted by atomic mass is 16.5. The van der Waals surface area contributed by atoms with Crippen molar-refractivity contribution in [3.63, 3.8) is 0 Å². The van der Waals surface area contributed by atoms with Crippen LogP contribution in [0.3, 0.4) is 0 Å². The maximum atomic E-state index is 12.4. The van der Waals surface area contributed by atoms with E-state index >= 15 is 0 Å². The van der Waals surface area contributed by atoms with Crippen LogP contribution in [0.1, 0.15) is 10.4 Å². The molecule has 4 atom stereocenters. The van der Waals surface area contributed by atoms with Crippen LogP contribution >= 0.6 is 0 Å². The Bertz CT molecular complexity index is 682. The lowest BCUT2D eigenvalue weighted by Gasteiger charge is -2.21. The lowest BCUT2D eigenvalue weighted by atomic mass is 9.82. The summed E-state index contributed by atoms with van der Waals surface area (Å²) >= 11 is 0. The van der Waals surface area contributed by atoms with Gasteiger partial charge in [-0.15, -0.1) is 0 Å². The number of carboxylic acid groups (broad SMARTS) is 2. The largest absolute Gasteiger partial charge is 0.481 e. The number of carbonyl (C=O) groups is 3. The number of amides is 1. The van der Waals surface area contributed by atoms with Gasteiger partial charge in [0.25, 0.3) is 0 Å². The molecule has 1 aromatic carbocycles. The Kier molecular flexibility index (Phi) is 3.42. The fourth-order valence-electron chi connectivity index (χ4n) is 2.91. The predicted octanol–water partition coefficient (Wildman–Crippen LogP) is 0.977. The van der Waals surface area contributed by atoms with Crippen molar-refractivity contribution in [2.75, 3.05) is 5.32 Å². The lowest BCUT2D eigenvalue weighted by molar-refractivity contribution is -0.145. The van der Waals surface area contributed by atoms with Gasteiger partial charge in [-0.1, -0.05) is 24.3 Å². The van der Waals surface area contributed by atoms with Gasteiger partial charge in [-0.25, -0.2) is 4.79 Å². The van der Waals surface area contributed by atoms with E-state index in [0.717, 1.165) is 0 Å². The van der Waals surface area contributed by atoms with Crippen molar-refractivity contribution in [3.8, 4) is 0 Å². The molecule has 7 nitrogen and oxygen atoms in total. The zero-order valence-corrected chi connectivity index (χ0v) is 11.3. The highest BCUT2D eigenvalue weighted by Gasteiger charge is 2.53. The van der Waals surface area contributed by atoms with Crippen LogP contribution < -0.4 is 5.32 Å². The summed E-state index contributed by atoms with van der Waals surface area (Å²) in [6, 6.07) is 5.96. The molecule has 2 aliphatic rings. The molecule has 0 aromatic heterocycles. The molecular weight excluding hydrogens is 290 g/mol. The number of hydrogen-bond donors (Lipinski definition) is 3. The van der Waals surface area contributed by atoms with Gasteiger partial charge in [0.1, 0.15) is 5.92 Å². The van der Waals surface area contributed by atoms with Crippen LogP contribution in [0, 0.1) is 11.8 Å². The van der Waals surface area contributed by atoms with E-state index in [0.29, 0.717) is 0 Å². The van der Waals surface area contributed by atoms with Crippen LogP contribution in [-0.4, -0.2) is 40.3 Å². The number of benzene rings is 1. The quantitative estimate of drug-likeness (QED) is 0.715. The van der Waals surface area contributed by atoms with Crippen LogP contribution in [-0.2, 0) is 14.3 Å². The first-order valence-corrected chi connectivity index (χ1v) is 6.69. The summed E-state index contributed by atoms with van der Waals surface area (Å²) in [5.74, 6) is -4.68. The first kappa shape index (κ1) is 14.3. The Morgan fingerprint density at radius 2 is 1.64 bits per heavy atom. The van der Waals surface area contributed by atoms with Crippen molar-refractivity contribution >= 4 is 23.5 Å². The Balaban J connectivity index is 1.85. The molecule has 0 saturated carbocycles. The van der Waals surface area contributed by atoms with E-state index in [2.05, 4.69) is 5.32 Å². The van der Waals surface area contributed by atoms with Gasteiger partial charge in [0.15, 0.2) is 0 Å². The zero-order valence-electron chi connectivity index (χ0n) is 11.3. The number of fused-ring (bicyclic) bond motifs is 2. The van der Waals surface area contributed by atoms with Gasteiger partial charge in [0.05, 0.1) is 29.4 Å². The average Bonchev–Trinajstić information content (AvgIpc) is 3.08. The number of ether oxygens (including phenoxy) is 1. The van der Waals surface area contributed by atoms with Crippen molar-refractivity contribution in [2.45, 2.75) is 12.2 Å². The summed E-state index contributed by atoms with van der Waals surface area (Å²) in [5.41, 5.74) is 0.0817. The van der Waals surface area contributed by atoms with E-state index < -0.39 is 41.9 Å². The summed E-state index contributed by atoms with van der Waals surface area (Å²) in [7, 11) is 0. The normalized spacial score (nSPS) is 28.5. The molecule has 1 fully saturated rings. The minimum atomic E-state index is -1.17. The van der Waals surface area contributed by atoms with Crippen LogP contribution in [0.5, 0.6) is 0 Å². The minimum Gasteiger partial charge on any atom is -0.481 e. The molecule has 1 amide bonds. The number of carbonyl (C=O) groups excluding carboxylic acids is 1. The molecule has 22 heavy (non-hydrogen) atoms. The van der Waals surface area contributed by atoms with Crippen LogP contribution in [0.2, 0.25) is 0 Å². The van der Waals surface area contributed by atoms with E-state index in [9.17, 15) is 19.5 Å². The maximum Gasteiger partial charge on any atom is 0.337 e. The summed E-state index contributed by atoms with van der Waals surface area (Å²) in [5, 5.41) is 20.9. The smallest absolute Gasteiger partial charge is 0.337 e. The number of hydrogen-bond acceptors (Lipinski definition) is 4. The molecule has 7 heteroatoms. The van der Waals surface area contributed by atoms with Crippen LogP contribution in [0.4, 0.5) is 5.69 Å². The molecule has 0 unspecified atom stereocenters. The molecule has 114 valence electrons. The number of para-hydroxylation sites is 1. The van der Waals surface area contributed by atoms with Crippen LogP contribution in [0.15, 0.2) is 36.4 Å². The molecule has 2 heterocycles. The van der Waals surface area contributed by atoms with Gasteiger partial charge < -0.3 is 20.3 Å². The monoisotopic (exact) mass is 303 g/mol. The average molecular weight is 303 g/mol. The second-order valence-corrected chi connectivity index (χ2v) is 5.18. The fourth-order valence-corrected chi connectivity index (χ4v) is 2.91. The minimum absolute atomic E-state index is 0.0534. The molecule has 1 saturated heterocycles. The number of anilines is 1. The third kappa shape index (κ3) is 2.25. The molecule has 0 spiro atoms. The van der Waals surface area contributed by atoms with Crippen molar-refractivity contribution in [2.24, 2.45) is 11.8 Å². The molecule has 0 radical (unpaired) electrons. The van der Waals surface area contributed by atoms with Gasteiger partial charge in [-0.3, -0.25) is 9.59 Å². The Morgan fingerprint density at radius 1 is 1.00 bits per heavy atom. The first-order chi connectivity index (χ1) is 10.5. The van der Waals surface area contributed by atoms with Crippen molar-refractivity contribution < 1.29 is 29.3 Å². The maximum absolute atomic E-state index is 12.4. The third-order valence-corrected chi connectivity index (χ3v) is 3.90. The SMILES string of the molecule is O=C(O)c1ccccc1NC(=O)[C@@H]1[C@@H](C(=O)O)[C@@H]2C=C[C@H]1O2. The van der Waals surface area contributed by atoms with Crippen molar-refractivity contribution in [3.05, 3.63) is 42.0 Å². The lowest BCUT2D eigenvalue weighted by Crippen LogP contribution is -2.39. The zero-order chi connectivity index (χ0) is 15.9. The first-order valence-electron chi connectivity index (χ1n) is 6.69. The molecule has 0 aliphatic carbocycles. The summed E-state index contributed by atoms with van der Waals surface area (Å²) in [4.78, 5) is 34.9. The van der Waals surface area contributed by atoms with E-state index in [1.165, 1.54) is 12.1 Å². The number of aromatic carboxylic acids is 1. The molecule has 1 aromatic rings. The van der Waals surface area contributed by atoms with Gasteiger partial charge in [0, 0.05) is 0 Å². The fraction of sp³-hybridized carbons (Fsp3) is 0.267. The second kappa shape index (κ2) is 5.27. The van der Waals surface area contributed by atoms with Gasteiger partial charge in [-0.2, -0.15) is 0 Å². The molecule has 3 N–H and O–H groups in total. The van der Waals surface area contributed by atoms with E-state index in [4.69, 9.17) is 9.84 Å². The Hall–Kier alpha value is -2.67. The highest BCUT2D eigenvalue weighted by molar-refractivity contribution is 6.02. The Labute approximate surface area is 125 Å². The van der Waals surface area contributed by atoms with E-state index in [1.807, 2.05) is 0 Å². The van der Waals surface area contributed by atoms with Gasteiger partial charge in [-0.05, 0) is 12.1 Å². The summed E-state index contributed by atoms with van der Waals surface area (Å²) < 4.78 is 5.43. The van der Waals surface area contributed by atoms with E-state index in [-0.39, 0.29) is 11.3 Å². The molecule has 3 rings (SSSR count). The number of nitrogens with one attached hydrogen (secondary N) is 1.